The molecule has 0 saturated heterocycles. The molecule has 1 heterocycles. The molecular weight excluding hydrogens is 386 g/mol. The third kappa shape index (κ3) is 4.51. The van der Waals surface area contributed by atoms with E-state index in [4.69, 9.17) is 21.7 Å². The summed E-state index contributed by atoms with van der Waals surface area (Å²) >= 11 is 5.33. The van der Waals surface area contributed by atoms with Gasteiger partial charge in [0.25, 0.3) is 5.91 Å². The Morgan fingerprint density at radius 3 is 2.28 bits per heavy atom. The van der Waals surface area contributed by atoms with Crippen LogP contribution in [-0.2, 0) is 4.79 Å². The van der Waals surface area contributed by atoms with E-state index in [9.17, 15) is 4.79 Å². The van der Waals surface area contributed by atoms with Crippen LogP contribution in [0, 0.1) is 13.8 Å². The Hall–Kier alpha value is -3.06. The van der Waals surface area contributed by atoms with Gasteiger partial charge in [-0.05, 0) is 73.9 Å². The normalized spacial score (nSPS) is 16.0. The minimum atomic E-state index is -0.422. The number of carbonyl (C=O) groups excluding carboxylic acids is 1. The van der Waals surface area contributed by atoms with E-state index >= 15 is 0 Å². The number of rotatable bonds is 5. The molecular formula is C22H25N3O3S. The molecule has 0 unspecified atom stereocenters. The molecule has 1 aliphatic rings. The van der Waals surface area contributed by atoms with Gasteiger partial charge in [0.05, 0.1) is 25.8 Å². The molecule has 3 N–H and O–H groups in total. The number of aryl methyl sites for hydroxylation is 2. The van der Waals surface area contributed by atoms with Gasteiger partial charge < -0.3 is 25.4 Å². The van der Waals surface area contributed by atoms with Crippen LogP contribution >= 0.6 is 12.2 Å². The molecule has 1 aliphatic heterocycles. The molecule has 0 aromatic heterocycles. The van der Waals surface area contributed by atoms with E-state index in [-0.39, 0.29) is 5.91 Å². The second-order valence-corrected chi connectivity index (χ2v) is 7.42. The number of benzene rings is 2. The highest BCUT2D eigenvalue weighted by Gasteiger charge is 2.30. The first kappa shape index (κ1) is 20.7. The van der Waals surface area contributed by atoms with Gasteiger partial charge in [0, 0.05) is 11.4 Å². The van der Waals surface area contributed by atoms with Crippen LogP contribution in [0.4, 0.5) is 5.69 Å². The van der Waals surface area contributed by atoms with E-state index in [2.05, 4.69) is 22.0 Å². The highest BCUT2D eigenvalue weighted by Crippen LogP contribution is 2.34. The predicted octanol–water partition coefficient (Wildman–Crippen LogP) is 3.75. The van der Waals surface area contributed by atoms with Crippen LogP contribution in [0.25, 0.3) is 0 Å². The summed E-state index contributed by atoms with van der Waals surface area (Å²) in [5.74, 6) is 1.01. The molecule has 2 aromatic carbocycles. The zero-order valence-electron chi connectivity index (χ0n) is 17.2. The van der Waals surface area contributed by atoms with E-state index in [1.54, 1.807) is 14.2 Å². The minimum Gasteiger partial charge on any atom is -0.493 e. The standard InChI is InChI=1S/C22H25N3O3S/c1-12-8-13(2)10-16(9-12)24-21(26)19-14(3)23-22(29)25-20(19)15-6-7-17(27-4)18(11-15)28-5/h6-11,20H,1-5H3,(H,24,26)(H2,23,25,29)/t20-/m1/s1. The number of amides is 1. The summed E-state index contributed by atoms with van der Waals surface area (Å²) in [7, 11) is 3.17. The number of anilines is 1. The Labute approximate surface area is 176 Å². The van der Waals surface area contributed by atoms with E-state index in [1.165, 1.54) is 0 Å². The summed E-state index contributed by atoms with van der Waals surface area (Å²) in [5.41, 5.74) is 5.04. The molecule has 0 fully saturated rings. The van der Waals surface area contributed by atoms with E-state index in [0.29, 0.717) is 27.9 Å². The first-order chi connectivity index (χ1) is 13.8. The lowest BCUT2D eigenvalue weighted by Gasteiger charge is -2.30. The lowest BCUT2D eigenvalue weighted by atomic mass is 9.94. The molecule has 2 aromatic rings. The topological polar surface area (TPSA) is 71.6 Å². The zero-order chi connectivity index (χ0) is 21.1. The van der Waals surface area contributed by atoms with Crippen LogP contribution in [0.5, 0.6) is 11.5 Å². The average molecular weight is 412 g/mol. The predicted molar refractivity (Wildman–Crippen MR) is 118 cm³/mol. The number of thiocarbonyl (C=S) groups is 1. The maximum atomic E-state index is 13.2. The van der Waals surface area contributed by atoms with Crippen molar-refractivity contribution in [2.75, 3.05) is 19.5 Å². The monoisotopic (exact) mass is 411 g/mol. The maximum Gasteiger partial charge on any atom is 0.255 e. The van der Waals surface area contributed by atoms with Gasteiger partial charge in [0.2, 0.25) is 0 Å². The number of nitrogens with one attached hydrogen (secondary N) is 3. The molecule has 0 spiro atoms. The number of hydrogen-bond acceptors (Lipinski definition) is 4. The highest BCUT2D eigenvalue weighted by molar-refractivity contribution is 7.80. The zero-order valence-corrected chi connectivity index (χ0v) is 18.0. The van der Waals surface area contributed by atoms with Crippen LogP contribution in [0.1, 0.15) is 29.7 Å². The summed E-state index contributed by atoms with van der Waals surface area (Å²) in [6.07, 6.45) is 0. The fraction of sp³-hybridized carbons (Fsp3) is 0.273. The van der Waals surface area contributed by atoms with E-state index < -0.39 is 6.04 Å². The van der Waals surface area contributed by atoms with Gasteiger partial charge in [0.1, 0.15) is 0 Å². The summed E-state index contributed by atoms with van der Waals surface area (Å²) in [6, 6.07) is 11.1. The molecule has 0 saturated carbocycles. The maximum absolute atomic E-state index is 13.2. The van der Waals surface area contributed by atoms with Crippen molar-refractivity contribution in [1.82, 2.24) is 10.6 Å². The lowest BCUT2D eigenvalue weighted by molar-refractivity contribution is -0.113. The summed E-state index contributed by atoms with van der Waals surface area (Å²) in [4.78, 5) is 13.2. The fourth-order valence-corrected chi connectivity index (χ4v) is 3.79. The highest BCUT2D eigenvalue weighted by atomic mass is 32.1. The number of allylic oxidation sites excluding steroid dienone is 1. The molecule has 6 nitrogen and oxygen atoms in total. The SMILES string of the molecule is COc1ccc([C@H]2NC(=S)NC(C)=C2C(=O)Nc2cc(C)cc(C)c2)cc1OC. The van der Waals surface area contributed by atoms with Gasteiger partial charge in [0.15, 0.2) is 16.6 Å². The lowest BCUT2D eigenvalue weighted by Crippen LogP contribution is -2.45. The number of carbonyl (C=O) groups is 1. The van der Waals surface area contributed by atoms with E-state index in [0.717, 1.165) is 22.4 Å². The Balaban J connectivity index is 1.98. The number of ether oxygens (including phenoxy) is 2. The number of hydrogen-bond donors (Lipinski definition) is 3. The third-order valence-corrected chi connectivity index (χ3v) is 4.95. The molecule has 29 heavy (non-hydrogen) atoms. The van der Waals surface area contributed by atoms with Crippen LogP contribution < -0.4 is 25.4 Å². The first-order valence-electron chi connectivity index (χ1n) is 9.22. The van der Waals surface area contributed by atoms with Gasteiger partial charge >= 0.3 is 0 Å². The smallest absolute Gasteiger partial charge is 0.255 e. The van der Waals surface area contributed by atoms with Gasteiger partial charge in [-0.3, -0.25) is 4.79 Å². The Bertz CT molecular complexity index is 981. The van der Waals surface area contributed by atoms with Crippen LogP contribution in [-0.4, -0.2) is 25.2 Å². The summed E-state index contributed by atoms with van der Waals surface area (Å²) < 4.78 is 10.7. The number of methoxy groups -OCH3 is 2. The van der Waals surface area contributed by atoms with Gasteiger partial charge in [-0.15, -0.1) is 0 Å². The quantitative estimate of drug-likeness (QED) is 0.651. The van der Waals surface area contributed by atoms with Crippen molar-refractivity contribution in [2.45, 2.75) is 26.8 Å². The van der Waals surface area contributed by atoms with Crippen molar-refractivity contribution < 1.29 is 14.3 Å². The van der Waals surface area contributed by atoms with Gasteiger partial charge in [-0.1, -0.05) is 12.1 Å². The van der Waals surface area contributed by atoms with Crippen LogP contribution in [0.15, 0.2) is 47.7 Å². The van der Waals surface area contributed by atoms with Crippen molar-refractivity contribution in [3.8, 4) is 11.5 Å². The Morgan fingerprint density at radius 1 is 1.00 bits per heavy atom. The van der Waals surface area contributed by atoms with Crippen molar-refractivity contribution >= 4 is 28.9 Å². The molecule has 0 bridgehead atoms. The average Bonchev–Trinajstić information content (AvgIpc) is 2.65. The molecule has 3 rings (SSSR count). The first-order valence-corrected chi connectivity index (χ1v) is 9.63. The molecule has 0 radical (unpaired) electrons. The molecule has 152 valence electrons. The van der Waals surface area contributed by atoms with Crippen LogP contribution in [0.2, 0.25) is 0 Å². The second-order valence-electron chi connectivity index (χ2n) is 7.02. The van der Waals surface area contributed by atoms with Crippen molar-refractivity contribution in [3.63, 3.8) is 0 Å². The van der Waals surface area contributed by atoms with Crippen molar-refractivity contribution in [2.24, 2.45) is 0 Å². The Morgan fingerprint density at radius 2 is 1.66 bits per heavy atom. The van der Waals surface area contributed by atoms with Crippen molar-refractivity contribution in [3.05, 3.63) is 64.4 Å². The Kier molecular flexibility index (Phi) is 6.08. The summed E-state index contributed by atoms with van der Waals surface area (Å²) in [6.45, 7) is 5.85. The van der Waals surface area contributed by atoms with Crippen molar-refractivity contribution in [1.29, 1.82) is 0 Å². The second kappa shape index (κ2) is 8.53. The molecule has 7 heteroatoms. The van der Waals surface area contributed by atoms with Crippen LogP contribution in [0.3, 0.4) is 0 Å². The third-order valence-electron chi connectivity index (χ3n) is 4.73. The molecule has 0 aliphatic carbocycles. The molecule has 1 atom stereocenters. The molecule has 1 amide bonds. The van der Waals surface area contributed by atoms with E-state index in [1.807, 2.05) is 51.1 Å². The summed E-state index contributed by atoms with van der Waals surface area (Å²) in [5, 5.41) is 9.73. The largest absolute Gasteiger partial charge is 0.493 e. The van der Waals surface area contributed by atoms with Gasteiger partial charge in [-0.2, -0.15) is 0 Å². The minimum absolute atomic E-state index is 0.199. The van der Waals surface area contributed by atoms with Gasteiger partial charge in [-0.25, -0.2) is 0 Å². The fourth-order valence-electron chi connectivity index (χ4n) is 3.52.